The maximum Gasteiger partial charge on any atom is 0.250 e. The lowest BCUT2D eigenvalue weighted by Crippen LogP contribution is -2.49. The molecule has 2 amide bonds. The second kappa shape index (κ2) is 6.70. The molecule has 0 aliphatic rings. The smallest absolute Gasteiger partial charge is 0.250 e. The van der Waals surface area contributed by atoms with Crippen LogP contribution in [0.4, 0.5) is 5.82 Å². The molecule has 0 saturated heterocycles. The molecule has 0 aliphatic heterocycles. The van der Waals surface area contributed by atoms with Crippen LogP contribution in [-0.2, 0) is 15.0 Å². The highest BCUT2D eigenvalue weighted by Crippen LogP contribution is 2.24. The standard InChI is InChI=1S/C16H27N3O4/c1-9(17-14(22)12(20)16(5,6)7)13(21)18-11-8-10(23-19-11)15(2,3)4/h8-9,12,20H,1-7H3,(H,17,22)(H,18,19,21). The van der Waals surface area contributed by atoms with E-state index in [0.717, 1.165) is 0 Å². The lowest BCUT2D eigenvalue weighted by molar-refractivity contribution is -0.137. The van der Waals surface area contributed by atoms with E-state index in [2.05, 4.69) is 15.8 Å². The fourth-order valence-electron chi connectivity index (χ4n) is 1.67. The van der Waals surface area contributed by atoms with Crippen molar-refractivity contribution in [2.24, 2.45) is 5.41 Å². The van der Waals surface area contributed by atoms with Gasteiger partial charge in [0.15, 0.2) is 5.82 Å². The Morgan fingerprint density at radius 3 is 2.17 bits per heavy atom. The van der Waals surface area contributed by atoms with Crippen LogP contribution >= 0.6 is 0 Å². The van der Waals surface area contributed by atoms with Crippen molar-refractivity contribution in [3.8, 4) is 0 Å². The molecule has 2 unspecified atom stereocenters. The molecule has 0 aliphatic carbocycles. The molecule has 0 fully saturated rings. The molecule has 2 atom stereocenters. The predicted molar refractivity (Wildman–Crippen MR) is 86.9 cm³/mol. The maximum absolute atomic E-state index is 12.1. The summed E-state index contributed by atoms with van der Waals surface area (Å²) in [4.78, 5) is 24.0. The third-order valence-electron chi connectivity index (χ3n) is 3.32. The average molecular weight is 325 g/mol. The Balaban J connectivity index is 2.64. The first-order valence-corrected chi connectivity index (χ1v) is 7.59. The summed E-state index contributed by atoms with van der Waals surface area (Å²) in [5.41, 5.74) is -0.819. The Morgan fingerprint density at radius 2 is 1.74 bits per heavy atom. The molecule has 1 heterocycles. The normalized spacial score (nSPS) is 15.0. The van der Waals surface area contributed by atoms with Crippen LogP contribution < -0.4 is 10.6 Å². The highest BCUT2D eigenvalue weighted by molar-refractivity contribution is 5.96. The van der Waals surface area contributed by atoms with Crippen LogP contribution in [0.5, 0.6) is 0 Å². The Hall–Kier alpha value is -1.89. The lowest BCUT2D eigenvalue weighted by atomic mass is 9.88. The molecule has 1 aromatic rings. The van der Waals surface area contributed by atoms with Crippen LogP contribution in [0.3, 0.4) is 0 Å². The van der Waals surface area contributed by atoms with Crippen LogP contribution in [0.15, 0.2) is 10.6 Å². The van der Waals surface area contributed by atoms with E-state index in [4.69, 9.17) is 4.52 Å². The molecule has 7 heteroatoms. The molecule has 0 aromatic carbocycles. The molecule has 1 aromatic heterocycles. The van der Waals surface area contributed by atoms with Gasteiger partial charge in [-0.2, -0.15) is 0 Å². The highest BCUT2D eigenvalue weighted by Gasteiger charge is 2.31. The largest absolute Gasteiger partial charge is 0.383 e. The summed E-state index contributed by atoms with van der Waals surface area (Å²) in [6.45, 7) is 12.7. The first-order valence-electron chi connectivity index (χ1n) is 7.59. The van der Waals surface area contributed by atoms with Gasteiger partial charge in [0, 0.05) is 11.5 Å². The van der Waals surface area contributed by atoms with Crippen LogP contribution in [0.25, 0.3) is 0 Å². The second-order valence-electron chi connectivity index (χ2n) is 7.81. The number of anilines is 1. The number of aliphatic hydroxyl groups excluding tert-OH is 1. The Kier molecular flexibility index (Phi) is 5.58. The fourth-order valence-corrected chi connectivity index (χ4v) is 1.67. The topological polar surface area (TPSA) is 104 Å². The summed E-state index contributed by atoms with van der Waals surface area (Å²) in [7, 11) is 0. The average Bonchev–Trinajstić information content (AvgIpc) is 2.84. The van der Waals surface area contributed by atoms with E-state index in [-0.39, 0.29) is 11.2 Å². The monoisotopic (exact) mass is 325 g/mol. The van der Waals surface area contributed by atoms with Crippen LogP contribution in [-0.4, -0.2) is 34.2 Å². The number of nitrogens with zero attached hydrogens (tertiary/aromatic N) is 1. The van der Waals surface area contributed by atoms with E-state index in [9.17, 15) is 14.7 Å². The van der Waals surface area contributed by atoms with Crippen molar-refractivity contribution in [3.63, 3.8) is 0 Å². The van der Waals surface area contributed by atoms with Crippen LogP contribution in [0.1, 0.15) is 54.2 Å². The molecule has 1 rings (SSSR count). The Bertz CT molecular complexity index is 567. The number of hydrogen-bond acceptors (Lipinski definition) is 5. The number of aliphatic hydroxyl groups is 1. The highest BCUT2D eigenvalue weighted by atomic mass is 16.5. The number of nitrogens with one attached hydrogen (secondary N) is 2. The first kappa shape index (κ1) is 19.2. The number of carbonyl (C=O) groups excluding carboxylic acids is 2. The number of hydrogen-bond donors (Lipinski definition) is 3. The van der Waals surface area contributed by atoms with Gasteiger partial charge in [-0.1, -0.05) is 46.7 Å². The summed E-state index contributed by atoms with van der Waals surface area (Å²) >= 11 is 0. The summed E-state index contributed by atoms with van der Waals surface area (Å²) in [6.07, 6.45) is -1.20. The third kappa shape index (κ3) is 5.35. The summed E-state index contributed by atoms with van der Waals surface area (Å²) in [5, 5.41) is 18.7. The van der Waals surface area contributed by atoms with Crippen molar-refractivity contribution in [1.82, 2.24) is 10.5 Å². The van der Waals surface area contributed by atoms with Gasteiger partial charge in [-0.3, -0.25) is 9.59 Å². The molecule has 0 bridgehead atoms. The Morgan fingerprint density at radius 1 is 1.17 bits per heavy atom. The number of carbonyl (C=O) groups is 2. The Labute approximate surface area is 136 Å². The summed E-state index contributed by atoms with van der Waals surface area (Å²) in [6, 6.07) is 0.838. The first-order chi connectivity index (χ1) is 10.3. The van der Waals surface area contributed by atoms with E-state index in [1.165, 1.54) is 6.92 Å². The van der Waals surface area contributed by atoms with Crippen molar-refractivity contribution in [1.29, 1.82) is 0 Å². The lowest BCUT2D eigenvalue weighted by Gasteiger charge is -2.26. The fraction of sp³-hybridized carbons (Fsp3) is 0.688. The van der Waals surface area contributed by atoms with E-state index in [0.29, 0.717) is 5.76 Å². The van der Waals surface area contributed by atoms with Gasteiger partial charge >= 0.3 is 0 Å². The van der Waals surface area contributed by atoms with Gasteiger partial charge in [-0.05, 0) is 12.3 Å². The van der Waals surface area contributed by atoms with E-state index >= 15 is 0 Å². The van der Waals surface area contributed by atoms with E-state index in [1.54, 1.807) is 26.8 Å². The van der Waals surface area contributed by atoms with Crippen LogP contribution in [0, 0.1) is 5.41 Å². The molecule has 23 heavy (non-hydrogen) atoms. The molecule has 0 radical (unpaired) electrons. The van der Waals surface area contributed by atoms with Gasteiger partial charge in [0.2, 0.25) is 11.8 Å². The quantitative estimate of drug-likeness (QED) is 0.783. The van der Waals surface area contributed by atoms with Gasteiger partial charge in [-0.25, -0.2) is 0 Å². The molecule has 7 nitrogen and oxygen atoms in total. The zero-order valence-electron chi connectivity index (χ0n) is 14.9. The number of amides is 2. The molecular formula is C16H27N3O4. The number of rotatable bonds is 4. The minimum Gasteiger partial charge on any atom is -0.383 e. The van der Waals surface area contributed by atoms with Crippen molar-refractivity contribution < 1.29 is 19.2 Å². The second-order valence-corrected chi connectivity index (χ2v) is 7.81. The third-order valence-corrected chi connectivity index (χ3v) is 3.32. The molecule has 130 valence electrons. The van der Waals surface area contributed by atoms with Crippen molar-refractivity contribution >= 4 is 17.6 Å². The van der Waals surface area contributed by atoms with E-state index < -0.39 is 29.4 Å². The molecular weight excluding hydrogens is 298 g/mol. The minimum absolute atomic E-state index is 0.216. The van der Waals surface area contributed by atoms with Crippen molar-refractivity contribution in [3.05, 3.63) is 11.8 Å². The zero-order chi connectivity index (χ0) is 18.0. The molecule has 3 N–H and O–H groups in total. The predicted octanol–water partition coefficient (Wildman–Crippen LogP) is 1.82. The summed E-state index contributed by atoms with van der Waals surface area (Å²) < 4.78 is 5.18. The summed E-state index contributed by atoms with van der Waals surface area (Å²) in [5.74, 6) is -0.0889. The van der Waals surface area contributed by atoms with Gasteiger partial charge in [0.1, 0.15) is 17.9 Å². The van der Waals surface area contributed by atoms with Crippen LogP contribution in [0.2, 0.25) is 0 Å². The SMILES string of the molecule is CC(NC(=O)C(O)C(C)(C)C)C(=O)Nc1cc(C(C)(C)C)on1. The molecule has 0 spiro atoms. The van der Waals surface area contributed by atoms with Gasteiger partial charge < -0.3 is 20.3 Å². The van der Waals surface area contributed by atoms with E-state index in [1.807, 2.05) is 20.8 Å². The maximum atomic E-state index is 12.1. The van der Waals surface area contributed by atoms with Crippen molar-refractivity contribution in [2.75, 3.05) is 5.32 Å². The minimum atomic E-state index is -1.20. The zero-order valence-corrected chi connectivity index (χ0v) is 14.9. The number of aromatic nitrogens is 1. The van der Waals surface area contributed by atoms with Gasteiger partial charge in [0.05, 0.1) is 0 Å². The van der Waals surface area contributed by atoms with Gasteiger partial charge in [-0.15, -0.1) is 0 Å². The molecule has 0 saturated carbocycles. The van der Waals surface area contributed by atoms with Crippen molar-refractivity contribution in [2.45, 2.75) is 66.0 Å². The van der Waals surface area contributed by atoms with Gasteiger partial charge in [0.25, 0.3) is 0 Å².